The summed E-state index contributed by atoms with van der Waals surface area (Å²) in [5.41, 5.74) is 0.867. The van der Waals surface area contributed by atoms with Gasteiger partial charge in [-0.1, -0.05) is 30.3 Å². The molecule has 2 aromatic rings. The number of hydrogen-bond acceptors (Lipinski definition) is 4. The van der Waals surface area contributed by atoms with Gasteiger partial charge in [0.1, 0.15) is 11.4 Å². The van der Waals surface area contributed by atoms with Crippen molar-refractivity contribution in [1.82, 2.24) is 5.32 Å². The summed E-state index contributed by atoms with van der Waals surface area (Å²) in [5, 5.41) is 2.53. The standard InChI is InChI=1S/C20H20F3NO4/c1-19(2)10-13-7-5-9-16(18(13)28-19)26-12-17(25)24-11-14-6-3-4-8-15(14)27-20(21,22)23/h3-9H,10-12H2,1-2H3,(H,24,25). The Labute approximate surface area is 160 Å². The van der Waals surface area contributed by atoms with Crippen LogP contribution in [-0.2, 0) is 17.8 Å². The normalized spacial score (nSPS) is 14.8. The maximum absolute atomic E-state index is 12.5. The van der Waals surface area contributed by atoms with E-state index in [0.29, 0.717) is 11.5 Å². The van der Waals surface area contributed by atoms with Crippen molar-refractivity contribution in [3.63, 3.8) is 0 Å². The van der Waals surface area contributed by atoms with Gasteiger partial charge in [-0.3, -0.25) is 4.79 Å². The van der Waals surface area contributed by atoms with Gasteiger partial charge in [-0.2, -0.15) is 0 Å². The highest BCUT2D eigenvalue weighted by atomic mass is 19.4. The van der Waals surface area contributed by atoms with Crippen LogP contribution in [0.15, 0.2) is 42.5 Å². The van der Waals surface area contributed by atoms with Gasteiger partial charge in [0, 0.05) is 24.1 Å². The molecule has 0 aromatic heterocycles. The molecule has 0 atom stereocenters. The van der Waals surface area contributed by atoms with Crippen LogP contribution >= 0.6 is 0 Å². The van der Waals surface area contributed by atoms with E-state index in [4.69, 9.17) is 9.47 Å². The second-order valence-corrected chi connectivity index (χ2v) is 7.00. The first-order valence-corrected chi connectivity index (χ1v) is 8.67. The third-order valence-electron chi connectivity index (χ3n) is 4.09. The summed E-state index contributed by atoms with van der Waals surface area (Å²) in [6.45, 7) is 3.52. The molecule has 0 bridgehead atoms. The predicted octanol–water partition coefficient (Wildman–Crippen LogP) is 3.99. The second kappa shape index (κ2) is 7.61. The number of carbonyl (C=O) groups is 1. The van der Waals surface area contributed by atoms with E-state index in [1.165, 1.54) is 18.2 Å². The van der Waals surface area contributed by atoms with Crippen LogP contribution in [0.5, 0.6) is 17.2 Å². The number of benzene rings is 2. The fourth-order valence-electron chi connectivity index (χ4n) is 2.96. The highest BCUT2D eigenvalue weighted by molar-refractivity contribution is 5.77. The molecule has 1 N–H and O–H groups in total. The molecule has 3 rings (SSSR count). The minimum atomic E-state index is -4.80. The Morgan fingerprint density at radius 1 is 1.14 bits per heavy atom. The molecule has 8 heteroatoms. The van der Waals surface area contributed by atoms with Gasteiger partial charge in [-0.05, 0) is 26.0 Å². The molecule has 1 amide bonds. The number of ether oxygens (including phenoxy) is 3. The van der Waals surface area contributed by atoms with Gasteiger partial charge in [-0.15, -0.1) is 13.2 Å². The molecule has 2 aromatic carbocycles. The van der Waals surface area contributed by atoms with Crippen LogP contribution < -0.4 is 19.5 Å². The minimum Gasteiger partial charge on any atom is -0.483 e. The van der Waals surface area contributed by atoms with E-state index in [-0.39, 0.29) is 30.1 Å². The van der Waals surface area contributed by atoms with E-state index in [0.717, 1.165) is 12.0 Å². The number of carbonyl (C=O) groups excluding carboxylic acids is 1. The van der Waals surface area contributed by atoms with E-state index >= 15 is 0 Å². The molecule has 1 aliphatic rings. The maximum Gasteiger partial charge on any atom is 0.573 e. The largest absolute Gasteiger partial charge is 0.573 e. The molecule has 1 aliphatic heterocycles. The molecular formula is C20H20F3NO4. The van der Waals surface area contributed by atoms with Gasteiger partial charge in [0.2, 0.25) is 0 Å². The van der Waals surface area contributed by atoms with Crippen LogP contribution in [0.4, 0.5) is 13.2 Å². The summed E-state index contributed by atoms with van der Waals surface area (Å²) >= 11 is 0. The van der Waals surface area contributed by atoms with Crippen molar-refractivity contribution in [1.29, 1.82) is 0 Å². The average Bonchev–Trinajstić information content (AvgIpc) is 2.92. The molecule has 150 valence electrons. The Hall–Kier alpha value is -2.90. The fourth-order valence-corrected chi connectivity index (χ4v) is 2.96. The summed E-state index contributed by atoms with van der Waals surface area (Å²) in [7, 11) is 0. The monoisotopic (exact) mass is 395 g/mol. The number of halogens is 3. The van der Waals surface area contributed by atoms with Crippen molar-refractivity contribution < 1.29 is 32.2 Å². The fraction of sp³-hybridized carbons (Fsp3) is 0.350. The first-order valence-electron chi connectivity index (χ1n) is 8.67. The van der Waals surface area contributed by atoms with E-state index in [1.807, 2.05) is 26.0 Å². The molecule has 0 saturated heterocycles. The summed E-state index contributed by atoms with van der Waals surface area (Å²) in [6.07, 6.45) is -4.06. The molecule has 5 nitrogen and oxygen atoms in total. The van der Waals surface area contributed by atoms with Crippen LogP contribution in [0.1, 0.15) is 25.0 Å². The smallest absolute Gasteiger partial charge is 0.483 e. The molecule has 0 radical (unpaired) electrons. The van der Waals surface area contributed by atoms with Crippen LogP contribution in [0.25, 0.3) is 0 Å². The first-order chi connectivity index (χ1) is 13.1. The highest BCUT2D eigenvalue weighted by Crippen LogP contribution is 2.41. The topological polar surface area (TPSA) is 56.8 Å². The summed E-state index contributed by atoms with van der Waals surface area (Å²) < 4.78 is 52.7. The van der Waals surface area contributed by atoms with Crippen molar-refractivity contribution in [3.05, 3.63) is 53.6 Å². The number of fused-ring (bicyclic) bond motifs is 1. The highest BCUT2D eigenvalue weighted by Gasteiger charge is 2.33. The molecule has 28 heavy (non-hydrogen) atoms. The molecule has 0 fully saturated rings. The molecule has 0 unspecified atom stereocenters. The zero-order chi connectivity index (χ0) is 20.4. The maximum atomic E-state index is 12.5. The Balaban J connectivity index is 1.57. The lowest BCUT2D eigenvalue weighted by Gasteiger charge is -2.18. The van der Waals surface area contributed by atoms with Gasteiger partial charge in [0.25, 0.3) is 5.91 Å². The lowest BCUT2D eigenvalue weighted by atomic mass is 10.0. The summed E-state index contributed by atoms with van der Waals surface area (Å²) in [4.78, 5) is 12.1. The zero-order valence-electron chi connectivity index (χ0n) is 15.4. The number of rotatable bonds is 6. The third-order valence-corrected chi connectivity index (χ3v) is 4.09. The zero-order valence-corrected chi connectivity index (χ0v) is 15.4. The number of para-hydroxylation sites is 2. The quantitative estimate of drug-likeness (QED) is 0.804. The van der Waals surface area contributed by atoms with Gasteiger partial charge in [0.05, 0.1) is 0 Å². The average molecular weight is 395 g/mol. The molecule has 0 saturated carbocycles. The number of hydrogen-bond donors (Lipinski definition) is 1. The van der Waals surface area contributed by atoms with Crippen LogP contribution in [0, 0.1) is 0 Å². The molecule has 1 heterocycles. The van der Waals surface area contributed by atoms with E-state index in [9.17, 15) is 18.0 Å². The van der Waals surface area contributed by atoms with Gasteiger partial charge >= 0.3 is 6.36 Å². The van der Waals surface area contributed by atoms with Gasteiger partial charge in [0.15, 0.2) is 18.1 Å². The number of nitrogens with one attached hydrogen (secondary N) is 1. The predicted molar refractivity (Wildman–Crippen MR) is 95.3 cm³/mol. The third kappa shape index (κ3) is 5.09. The second-order valence-electron chi connectivity index (χ2n) is 7.00. The Kier molecular flexibility index (Phi) is 5.40. The van der Waals surface area contributed by atoms with Crippen LogP contribution in [0.2, 0.25) is 0 Å². The van der Waals surface area contributed by atoms with Gasteiger partial charge in [-0.25, -0.2) is 0 Å². The van der Waals surface area contributed by atoms with Crippen molar-refractivity contribution in [2.75, 3.05) is 6.61 Å². The van der Waals surface area contributed by atoms with Crippen molar-refractivity contribution in [2.45, 2.75) is 38.8 Å². The Bertz CT molecular complexity index is 865. The minimum absolute atomic E-state index is 0.120. The molecule has 0 aliphatic carbocycles. The lowest BCUT2D eigenvalue weighted by Crippen LogP contribution is -2.29. The van der Waals surface area contributed by atoms with Crippen LogP contribution in [-0.4, -0.2) is 24.5 Å². The Morgan fingerprint density at radius 2 is 1.86 bits per heavy atom. The van der Waals surface area contributed by atoms with Crippen LogP contribution in [0.3, 0.4) is 0 Å². The number of alkyl halides is 3. The lowest BCUT2D eigenvalue weighted by molar-refractivity contribution is -0.274. The molecular weight excluding hydrogens is 375 g/mol. The first kappa shape index (κ1) is 19.9. The Morgan fingerprint density at radius 3 is 2.61 bits per heavy atom. The van der Waals surface area contributed by atoms with Crippen molar-refractivity contribution in [2.24, 2.45) is 0 Å². The summed E-state index contributed by atoms with van der Waals surface area (Å²) in [5.74, 6) is 0.243. The molecule has 0 spiro atoms. The van der Waals surface area contributed by atoms with Crippen molar-refractivity contribution >= 4 is 5.91 Å². The van der Waals surface area contributed by atoms with Crippen molar-refractivity contribution in [3.8, 4) is 17.2 Å². The van der Waals surface area contributed by atoms with E-state index in [1.54, 1.807) is 12.1 Å². The number of amides is 1. The SMILES string of the molecule is CC1(C)Cc2cccc(OCC(=O)NCc3ccccc3OC(F)(F)F)c2O1. The summed E-state index contributed by atoms with van der Waals surface area (Å²) in [6, 6.07) is 11.1. The van der Waals surface area contributed by atoms with E-state index < -0.39 is 12.3 Å². The van der Waals surface area contributed by atoms with E-state index in [2.05, 4.69) is 10.1 Å². The van der Waals surface area contributed by atoms with Gasteiger partial charge < -0.3 is 19.5 Å².